The van der Waals surface area contributed by atoms with Gasteiger partial charge in [0.2, 0.25) is 0 Å². The Morgan fingerprint density at radius 1 is 1.04 bits per heavy atom. The number of carbonyl (C=O) groups excluding carboxylic acids is 1. The average molecular weight is 341 g/mol. The Labute approximate surface area is 149 Å². The second-order valence-corrected chi connectivity index (χ2v) is 7.32. The maximum atomic E-state index is 12.3. The van der Waals surface area contributed by atoms with Crippen LogP contribution in [0.15, 0.2) is 36.4 Å². The predicted octanol–water partition coefficient (Wildman–Crippen LogP) is 3.00. The molecule has 1 heterocycles. The fraction of sp³-hybridized carbons (Fsp3) is 0.421. The lowest BCUT2D eigenvalue weighted by atomic mass is 9.87. The number of rotatable bonds is 6. The molecular weight excluding hydrogens is 314 g/mol. The van der Waals surface area contributed by atoms with Gasteiger partial charge in [-0.25, -0.2) is 0 Å². The molecule has 6 heteroatoms. The SMILES string of the molecule is CN(C)CCNc1ccc(C(=O)Nc2ccc(C(C)(C)C)cc2)nn1. The molecular formula is C19H27N5O. The second kappa shape index (κ2) is 8.07. The lowest BCUT2D eigenvalue weighted by molar-refractivity contribution is 0.102. The Balaban J connectivity index is 1.94. The molecule has 0 saturated heterocycles. The van der Waals surface area contributed by atoms with Crippen molar-refractivity contribution in [1.82, 2.24) is 15.1 Å². The summed E-state index contributed by atoms with van der Waals surface area (Å²) in [7, 11) is 4.02. The van der Waals surface area contributed by atoms with Crippen LogP contribution in [0.1, 0.15) is 36.8 Å². The Morgan fingerprint density at radius 3 is 2.24 bits per heavy atom. The Hall–Kier alpha value is -2.47. The van der Waals surface area contributed by atoms with Gasteiger partial charge in [-0.1, -0.05) is 32.9 Å². The topological polar surface area (TPSA) is 70.2 Å². The van der Waals surface area contributed by atoms with Crippen molar-refractivity contribution in [3.63, 3.8) is 0 Å². The molecule has 0 bridgehead atoms. The van der Waals surface area contributed by atoms with Crippen LogP contribution in [-0.2, 0) is 5.41 Å². The number of likely N-dealkylation sites (N-methyl/N-ethyl adjacent to an activating group) is 1. The zero-order valence-corrected chi connectivity index (χ0v) is 15.6. The molecule has 2 rings (SSSR count). The molecule has 0 saturated carbocycles. The van der Waals surface area contributed by atoms with Crippen molar-refractivity contribution >= 4 is 17.4 Å². The quantitative estimate of drug-likeness (QED) is 0.845. The van der Waals surface area contributed by atoms with Crippen molar-refractivity contribution < 1.29 is 4.79 Å². The van der Waals surface area contributed by atoms with E-state index < -0.39 is 0 Å². The molecule has 0 fully saturated rings. The number of aromatic nitrogens is 2. The number of hydrogen-bond donors (Lipinski definition) is 2. The molecule has 0 atom stereocenters. The maximum absolute atomic E-state index is 12.3. The standard InChI is InChI=1S/C19H27N5O/c1-19(2,3)14-6-8-15(9-7-14)21-18(25)16-10-11-17(23-22-16)20-12-13-24(4)5/h6-11H,12-13H2,1-5H3,(H,20,23)(H,21,25). The van der Waals surface area contributed by atoms with Crippen LogP contribution in [0.5, 0.6) is 0 Å². The molecule has 0 spiro atoms. The van der Waals surface area contributed by atoms with Crippen molar-refractivity contribution in [2.45, 2.75) is 26.2 Å². The third kappa shape index (κ3) is 5.83. The number of amides is 1. The van der Waals surface area contributed by atoms with Crippen LogP contribution >= 0.6 is 0 Å². The van der Waals surface area contributed by atoms with Crippen LogP contribution in [0, 0.1) is 0 Å². The van der Waals surface area contributed by atoms with Gasteiger partial charge in [-0.3, -0.25) is 4.79 Å². The van der Waals surface area contributed by atoms with Gasteiger partial charge < -0.3 is 15.5 Å². The molecule has 0 unspecified atom stereocenters. The number of nitrogens with zero attached hydrogens (tertiary/aromatic N) is 3. The smallest absolute Gasteiger partial charge is 0.276 e. The largest absolute Gasteiger partial charge is 0.367 e. The molecule has 2 aromatic rings. The normalized spacial score (nSPS) is 11.4. The first-order valence-electron chi connectivity index (χ1n) is 8.40. The number of benzene rings is 1. The van der Waals surface area contributed by atoms with Crippen molar-refractivity contribution in [3.05, 3.63) is 47.7 Å². The highest BCUT2D eigenvalue weighted by molar-refractivity contribution is 6.02. The molecule has 0 radical (unpaired) electrons. The van der Waals surface area contributed by atoms with E-state index in [1.165, 1.54) is 5.56 Å². The lowest BCUT2D eigenvalue weighted by Gasteiger charge is -2.19. The van der Waals surface area contributed by atoms with Gasteiger partial charge in [0.1, 0.15) is 5.82 Å². The Bertz CT molecular complexity index is 687. The van der Waals surface area contributed by atoms with E-state index in [4.69, 9.17) is 0 Å². The first kappa shape index (κ1) is 18.9. The predicted molar refractivity (Wildman–Crippen MR) is 102 cm³/mol. The van der Waals surface area contributed by atoms with Gasteiger partial charge in [0.05, 0.1) is 0 Å². The summed E-state index contributed by atoms with van der Waals surface area (Å²) in [5.41, 5.74) is 2.34. The molecule has 2 N–H and O–H groups in total. The van der Waals surface area contributed by atoms with E-state index in [1.807, 2.05) is 38.4 Å². The Morgan fingerprint density at radius 2 is 1.72 bits per heavy atom. The summed E-state index contributed by atoms with van der Waals surface area (Å²) in [6, 6.07) is 11.3. The average Bonchev–Trinajstić information content (AvgIpc) is 2.55. The van der Waals surface area contributed by atoms with Crippen LogP contribution in [0.4, 0.5) is 11.5 Å². The first-order chi connectivity index (χ1) is 11.8. The summed E-state index contributed by atoms with van der Waals surface area (Å²) < 4.78 is 0. The number of anilines is 2. The number of nitrogens with one attached hydrogen (secondary N) is 2. The van der Waals surface area contributed by atoms with Crippen LogP contribution in [-0.4, -0.2) is 48.2 Å². The Kier molecular flexibility index (Phi) is 6.09. The molecule has 25 heavy (non-hydrogen) atoms. The van der Waals surface area contributed by atoms with Gasteiger partial charge in [-0.2, -0.15) is 0 Å². The molecule has 0 aliphatic carbocycles. The highest BCUT2D eigenvalue weighted by Gasteiger charge is 2.14. The minimum atomic E-state index is -0.268. The summed E-state index contributed by atoms with van der Waals surface area (Å²) in [5, 5.41) is 14.0. The molecule has 0 aliphatic heterocycles. The van der Waals surface area contributed by atoms with Crippen molar-refractivity contribution in [2.24, 2.45) is 0 Å². The minimum absolute atomic E-state index is 0.0867. The zero-order chi connectivity index (χ0) is 18.4. The monoisotopic (exact) mass is 341 g/mol. The van der Waals surface area contributed by atoms with E-state index >= 15 is 0 Å². The van der Waals surface area contributed by atoms with E-state index in [1.54, 1.807) is 12.1 Å². The van der Waals surface area contributed by atoms with Crippen molar-refractivity contribution in [2.75, 3.05) is 37.8 Å². The molecule has 1 aromatic heterocycles. The fourth-order valence-electron chi connectivity index (χ4n) is 2.20. The van der Waals surface area contributed by atoms with Gasteiger partial charge in [0, 0.05) is 18.8 Å². The summed E-state index contributed by atoms with van der Waals surface area (Å²) in [6.07, 6.45) is 0. The molecule has 134 valence electrons. The molecule has 1 amide bonds. The van der Waals surface area contributed by atoms with E-state index in [0.29, 0.717) is 5.82 Å². The maximum Gasteiger partial charge on any atom is 0.276 e. The van der Waals surface area contributed by atoms with Gasteiger partial charge in [0.15, 0.2) is 5.69 Å². The van der Waals surface area contributed by atoms with Gasteiger partial charge in [-0.05, 0) is 49.3 Å². The lowest BCUT2D eigenvalue weighted by Crippen LogP contribution is -2.21. The van der Waals surface area contributed by atoms with Crippen LogP contribution in [0.25, 0.3) is 0 Å². The summed E-state index contributed by atoms with van der Waals surface area (Å²) in [4.78, 5) is 14.3. The second-order valence-electron chi connectivity index (χ2n) is 7.32. The summed E-state index contributed by atoms with van der Waals surface area (Å²) in [6.45, 7) is 8.14. The van der Waals surface area contributed by atoms with Crippen LogP contribution in [0.3, 0.4) is 0 Å². The van der Waals surface area contributed by atoms with Crippen LogP contribution < -0.4 is 10.6 Å². The molecule has 0 aliphatic rings. The minimum Gasteiger partial charge on any atom is -0.367 e. The van der Waals surface area contributed by atoms with Gasteiger partial charge >= 0.3 is 0 Å². The summed E-state index contributed by atoms with van der Waals surface area (Å²) in [5.74, 6) is 0.392. The third-order valence-corrected chi connectivity index (χ3v) is 3.77. The molecule has 1 aromatic carbocycles. The highest BCUT2D eigenvalue weighted by atomic mass is 16.1. The first-order valence-corrected chi connectivity index (χ1v) is 8.40. The number of carbonyl (C=O) groups is 1. The van der Waals surface area contributed by atoms with E-state index in [9.17, 15) is 4.79 Å². The van der Waals surface area contributed by atoms with Gasteiger partial charge in [0.25, 0.3) is 5.91 Å². The van der Waals surface area contributed by atoms with E-state index in [0.717, 1.165) is 18.8 Å². The van der Waals surface area contributed by atoms with E-state index in [2.05, 4.69) is 46.5 Å². The molecule has 6 nitrogen and oxygen atoms in total. The third-order valence-electron chi connectivity index (χ3n) is 3.77. The van der Waals surface area contributed by atoms with Gasteiger partial charge in [-0.15, -0.1) is 10.2 Å². The van der Waals surface area contributed by atoms with Crippen molar-refractivity contribution in [3.8, 4) is 0 Å². The highest BCUT2D eigenvalue weighted by Crippen LogP contribution is 2.23. The van der Waals surface area contributed by atoms with E-state index in [-0.39, 0.29) is 17.0 Å². The van der Waals surface area contributed by atoms with Crippen molar-refractivity contribution in [1.29, 1.82) is 0 Å². The number of hydrogen-bond acceptors (Lipinski definition) is 5. The van der Waals surface area contributed by atoms with Crippen LogP contribution in [0.2, 0.25) is 0 Å². The fourth-order valence-corrected chi connectivity index (χ4v) is 2.20. The summed E-state index contributed by atoms with van der Waals surface area (Å²) >= 11 is 0. The zero-order valence-electron chi connectivity index (χ0n) is 15.6.